The van der Waals surface area contributed by atoms with E-state index in [1.165, 1.54) is 6.42 Å². The van der Waals surface area contributed by atoms with Crippen molar-refractivity contribution in [3.63, 3.8) is 0 Å². The summed E-state index contributed by atoms with van der Waals surface area (Å²) in [4.78, 5) is 21.7. The Morgan fingerprint density at radius 2 is 2.00 bits per heavy atom. The minimum absolute atomic E-state index is 0.0146. The van der Waals surface area contributed by atoms with E-state index in [1.54, 1.807) is 0 Å². The number of esters is 1. The molecule has 3 atom stereocenters. The molecule has 17 heavy (non-hydrogen) atoms. The lowest BCUT2D eigenvalue weighted by molar-refractivity contribution is -0.305. The maximum Gasteiger partial charge on any atom is 0.311 e. The van der Waals surface area contributed by atoms with Gasteiger partial charge in [0.25, 0.3) is 0 Å². The highest BCUT2D eigenvalue weighted by molar-refractivity contribution is 5.89. The molecule has 2 aliphatic carbocycles. The monoisotopic (exact) mass is 239 g/mol. The van der Waals surface area contributed by atoms with Gasteiger partial charge in [-0.2, -0.15) is 0 Å². The number of ether oxygens (including phenoxy) is 1. The Bertz CT molecular complexity index is 360. The van der Waals surface area contributed by atoms with E-state index in [0.717, 1.165) is 12.8 Å². The molecule has 0 aliphatic heterocycles. The van der Waals surface area contributed by atoms with Gasteiger partial charge in [0.15, 0.2) is 0 Å². The first-order valence-corrected chi connectivity index (χ1v) is 6.16. The number of hydrogen-bond acceptors (Lipinski definition) is 4. The van der Waals surface area contributed by atoms with Crippen LogP contribution in [0.25, 0.3) is 0 Å². The average molecular weight is 239 g/mol. The van der Waals surface area contributed by atoms with Crippen LogP contribution in [0.2, 0.25) is 0 Å². The van der Waals surface area contributed by atoms with Gasteiger partial charge in [0.1, 0.15) is 6.10 Å². The van der Waals surface area contributed by atoms with Crippen LogP contribution in [-0.4, -0.2) is 18.0 Å². The first-order valence-electron chi connectivity index (χ1n) is 6.16. The summed E-state index contributed by atoms with van der Waals surface area (Å²) in [6.45, 7) is 6.59. The predicted octanol–water partition coefficient (Wildman–Crippen LogP) is 0.884. The normalized spacial score (nSPS) is 38.1. The van der Waals surface area contributed by atoms with Gasteiger partial charge in [0, 0.05) is 5.41 Å². The molecule has 96 valence electrons. The van der Waals surface area contributed by atoms with E-state index in [1.807, 2.05) is 0 Å². The first-order chi connectivity index (χ1) is 7.77. The van der Waals surface area contributed by atoms with Gasteiger partial charge in [-0.3, -0.25) is 4.79 Å². The molecule has 2 bridgehead atoms. The van der Waals surface area contributed by atoms with Crippen LogP contribution >= 0.6 is 0 Å². The Morgan fingerprint density at radius 1 is 1.35 bits per heavy atom. The average Bonchev–Trinajstić information content (AvgIpc) is 2.49. The van der Waals surface area contributed by atoms with E-state index < -0.39 is 18.4 Å². The topological polar surface area (TPSA) is 66.4 Å². The molecule has 2 fully saturated rings. The molecule has 2 saturated carbocycles. The van der Waals surface area contributed by atoms with Crippen molar-refractivity contribution in [2.45, 2.75) is 52.6 Å². The fraction of sp³-hybridized carbons (Fsp3) is 0.846. The van der Waals surface area contributed by atoms with Crippen molar-refractivity contribution in [3.05, 3.63) is 0 Å². The molecule has 4 nitrogen and oxygen atoms in total. The van der Waals surface area contributed by atoms with Crippen molar-refractivity contribution in [3.8, 4) is 0 Å². The SMILES string of the molecule is CC1(C)[C@@H]2CC[C@]1(C)[C@H](OC(=O)CC(=O)[O-])C2. The third-order valence-electron chi connectivity index (χ3n) is 5.28. The fourth-order valence-corrected chi connectivity index (χ4v) is 3.63. The smallest absolute Gasteiger partial charge is 0.311 e. The zero-order chi connectivity index (χ0) is 12.8. The lowest BCUT2D eigenvalue weighted by Gasteiger charge is -2.38. The lowest BCUT2D eigenvalue weighted by atomic mass is 9.70. The summed E-state index contributed by atoms with van der Waals surface area (Å²) in [5, 5.41) is 10.3. The second-order valence-corrected chi connectivity index (χ2v) is 6.14. The van der Waals surface area contributed by atoms with Crippen LogP contribution in [0.5, 0.6) is 0 Å². The largest absolute Gasteiger partial charge is 0.550 e. The highest BCUT2D eigenvalue weighted by Crippen LogP contribution is 2.66. The van der Waals surface area contributed by atoms with Crippen LogP contribution in [0.1, 0.15) is 46.5 Å². The third-order valence-corrected chi connectivity index (χ3v) is 5.28. The Balaban J connectivity index is 2.06. The molecule has 0 unspecified atom stereocenters. The lowest BCUT2D eigenvalue weighted by Crippen LogP contribution is -2.39. The molecular weight excluding hydrogens is 220 g/mol. The van der Waals surface area contributed by atoms with Crippen molar-refractivity contribution in [1.82, 2.24) is 0 Å². The fourth-order valence-electron chi connectivity index (χ4n) is 3.63. The number of carboxylic acids is 1. The van der Waals surface area contributed by atoms with E-state index in [2.05, 4.69) is 20.8 Å². The number of carboxylic acid groups (broad SMARTS) is 1. The molecule has 0 N–H and O–H groups in total. The van der Waals surface area contributed by atoms with Gasteiger partial charge in [-0.05, 0) is 30.6 Å². The number of rotatable bonds is 3. The Hall–Kier alpha value is -1.06. The number of hydrogen-bond donors (Lipinski definition) is 0. The molecule has 0 aromatic rings. The van der Waals surface area contributed by atoms with Crippen molar-refractivity contribution < 1.29 is 19.4 Å². The highest BCUT2D eigenvalue weighted by atomic mass is 16.5. The van der Waals surface area contributed by atoms with Crippen molar-refractivity contribution in [2.75, 3.05) is 0 Å². The van der Waals surface area contributed by atoms with E-state index in [9.17, 15) is 14.7 Å². The second kappa shape index (κ2) is 3.72. The molecular formula is C13H19O4-. The van der Waals surface area contributed by atoms with Crippen LogP contribution in [0.4, 0.5) is 0 Å². The molecule has 0 saturated heterocycles. The number of carbonyl (C=O) groups is 2. The molecule has 0 aromatic carbocycles. The molecule has 2 aliphatic rings. The number of aliphatic carboxylic acids is 1. The van der Waals surface area contributed by atoms with Crippen molar-refractivity contribution in [1.29, 1.82) is 0 Å². The quantitative estimate of drug-likeness (QED) is 0.541. The van der Waals surface area contributed by atoms with Gasteiger partial charge in [-0.25, -0.2) is 0 Å². The minimum Gasteiger partial charge on any atom is -0.550 e. The van der Waals surface area contributed by atoms with Crippen LogP contribution in [0.15, 0.2) is 0 Å². The van der Waals surface area contributed by atoms with Gasteiger partial charge in [-0.1, -0.05) is 20.8 Å². The van der Waals surface area contributed by atoms with Crippen LogP contribution in [0, 0.1) is 16.7 Å². The summed E-state index contributed by atoms with van der Waals surface area (Å²) in [7, 11) is 0. The van der Waals surface area contributed by atoms with Crippen molar-refractivity contribution >= 4 is 11.9 Å². The summed E-state index contributed by atoms with van der Waals surface area (Å²) in [5.41, 5.74) is 0.151. The predicted molar refractivity (Wildman–Crippen MR) is 58.7 cm³/mol. The summed E-state index contributed by atoms with van der Waals surface area (Å²) < 4.78 is 5.33. The molecule has 4 heteroatoms. The molecule has 0 radical (unpaired) electrons. The minimum atomic E-state index is -1.37. The second-order valence-electron chi connectivity index (χ2n) is 6.14. The summed E-state index contributed by atoms with van der Waals surface area (Å²) >= 11 is 0. The van der Waals surface area contributed by atoms with Crippen LogP contribution in [-0.2, 0) is 14.3 Å². The Morgan fingerprint density at radius 3 is 2.41 bits per heavy atom. The van der Waals surface area contributed by atoms with Crippen LogP contribution in [0.3, 0.4) is 0 Å². The van der Waals surface area contributed by atoms with Gasteiger partial charge >= 0.3 is 5.97 Å². The van der Waals surface area contributed by atoms with Gasteiger partial charge in [-0.15, -0.1) is 0 Å². The summed E-state index contributed by atoms with van der Waals surface area (Å²) in [5.74, 6) is -1.46. The maximum atomic E-state index is 11.4. The highest BCUT2D eigenvalue weighted by Gasteiger charge is 2.62. The van der Waals surface area contributed by atoms with E-state index in [4.69, 9.17) is 4.74 Å². The number of carbonyl (C=O) groups excluding carboxylic acids is 2. The van der Waals surface area contributed by atoms with Gasteiger partial charge < -0.3 is 14.6 Å². The standard InChI is InChI=1S/C13H20O4/c1-12(2)8-4-5-13(12,3)9(6-8)17-11(16)7-10(14)15/h8-9H,4-7H2,1-3H3,(H,14,15)/p-1/t8-,9-,13-/m1/s1. The molecule has 0 amide bonds. The van der Waals surface area contributed by atoms with E-state index in [0.29, 0.717) is 5.92 Å². The van der Waals surface area contributed by atoms with Crippen molar-refractivity contribution in [2.24, 2.45) is 16.7 Å². The first kappa shape index (κ1) is 12.4. The van der Waals surface area contributed by atoms with Crippen LogP contribution < -0.4 is 5.11 Å². The maximum absolute atomic E-state index is 11.4. The summed E-state index contributed by atoms with van der Waals surface area (Å²) in [6, 6.07) is 0. The molecule has 0 aromatic heterocycles. The van der Waals surface area contributed by atoms with Gasteiger partial charge in [0.2, 0.25) is 0 Å². The molecule has 2 rings (SSSR count). The Labute approximate surface area is 101 Å². The third kappa shape index (κ3) is 1.74. The zero-order valence-corrected chi connectivity index (χ0v) is 10.6. The molecule has 0 heterocycles. The molecule has 0 spiro atoms. The Kier molecular flexibility index (Phi) is 2.71. The van der Waals surface area contributed by atoms with Gasteiger partial charge in [0.05, 0.1) is 12.4 Å². The zero-order valence-electron chi connectivity index (χ0n) is 10.6. The van der Waals surface area contributed by atoms with E-state index >= 15 is 0 Å². The summed E-state index contributed by atoms with van der Waals surface area (Å²) in [6.07, 6.45) is 2.31. The number of fused-ring (bicyclic) bond motifs is 2. The van der Waals surface area contributed by atoms with E-state index in [-0.39, 0.29) is 16.9 Å².